The third kappa shape index (κ3) is 3.22. The molecule has 1 heterocycles. The van der Waals surface area contributed by atoms with Crippen LogP contribution in [0.1, 0.15) is 31.2 Å². The molecule has 4 heteroatoms. The Labute approximate surface area is 130 Å². The lowest BCUT2D eigenvalue weighted by molar-refractivity contribution is 0.407. The van der Waals surface area contributed by atoms with Gasteiger partial charge in [-0.1, -0.05) is 37.1 Å². The van der Waals surface area contributed by atoms with Crippen molar-refractivity contribution in [3.05, 3.63) is 60.4 Å². The highest BCUT2D eigenvalue weighted by Gasteiger charge is 2.36. The molecule has 0 radical (unpaired) electrons. The number of nitrogens with zero attached hydrogens (tertiary/aromatic N) is 1. The van der Waals surface area contributed by atoms with Gasteiger partial charge in [-0.25, -0.2) is 0 Å². The summed E-state index contributed by atoms with van der Waals surface area (Å²) in [6.45, 7) is 0. The summed E-state index contributed by atoms with van der Waals surface area (Å²) in [5.74, 6) is 0. The van der Waals surface area contributed by atoms with Gasteiger partial charge in [0.15, 0.2) is 5.11 Å². The molecule has 3 nitrogen and oxygen atoms in total. The Kier molecular flexibility index (Phi) is 4.15. The molecule has 1 aliphatic rings. The Morgan fingerprint density at radius 3 is 2.48 bits per heavy atom. The molecule has 2 aromatic rings. The van der Waals surface area contributed by atoms with E-state index in [-0.39, 0.29) is 5.54 Å². The molecule has 1 saturated carbocycles. The number of benzene rings is 1. The fourth-order valence-electron chi connectivity index (χ4n) is 3.01. The SMILES string of the molecule is S=C(Nc1ccccc1)NC1(c2cccnc2)CCCC1. The molecule has 0 atom stereocenters. The van der Waals surface area contributed by atoms with Gasteiger partial charge in [-0.05, 0) is 48.8 Å². The van der Waals surface area contributed by atoms with Crippen molar-refractivity contribution in [1.29, 1.82) is 0 Å². The van der Waals surface area contributed by atoms with Crippen molar-refractivity contribution in [1.82, 2.24) is 10.3 Å². The molecule has 2 N–H and O–H groups in total. The molecule has 1 aromatic heterocycles. The Morgan fingerprint density at radius 2 is 1.81 bits per heavy atom. The van der Waals surface area contributed by atoms with Gasteiger partial charge in [0.25, 0.3) is 0 Å². The highest BCUT2D eigenvalue weighted by Crippen LogP contribution is 2.38. The fraction of sp³-hybridized carbons (Fsp3) is 0.294. The maximum Gasteiger partial charge on any atom is 0.171 e. The number of hydrogen-bond acceptors (Lipinski definition) is 2. The highest BCUT2D eigenvalue weighted by molar-refractivity contribution is 7.80. The monoisotopic (exact) mass is 297 g/mol. The van der Waals surface area contributed by atoms with Crippen LogP contribution in [0, 0.1) is 0 Å². The first-order valence-electron chi connectivity index (χ1n) is 7.33. The van der Waals surface area contributed by atoms with E-state index >= 15 is 0 Å². The number of aromatic nitrogens is 1. The minimum atomic E-state index is -0.0763. The van der Waals surface area contributed by atoms with Crippen LogP contribution in [-0.2, 0) is 5.54 Å². The third-order valence-corrected chi connectivity index (χ3v) is 4.26. The average Bonchev–Trinajstić information content (AvgIpc) is 2.99. The summed E-state index contributed by atoms with van der Waals surface area (Å²) in [6.07, 6.45) is 8.38. The molecule has 1 aromatic carbocycles. The first-order valence-corrected chi connectivity index (χ1v) is 7.74. The third-order valence-electron chi connectivity index (χ3n) is 4.06. The van der Waals surface area contributed by atoms with Crippen LogP contribution in [0.25, 0.3) is 0 Å². The number of nitrogens with one attached hydrogen (secondary N) is 2. The molecule has 0 amide bonds. The number of rotatable bonds is 3. The van der Waals surface area contributed by atoms with Crippen molar-refractivity contribution in [3.8, 4) is 0 Å². The topological polar surface area (TPSA) is 37.0 Å². The lowest BCUT2D eigenvalue weighted by Crippen LogP contribution is -2.45. The Morgan fingerprint density at radius 1 is 1.05 bits per heavy atom. The van der Waals surface area contributed by atoms with E-state index in [0.717, 1.165) is 18.5 Å². The van der Waals surface area contributed by atoms with Gasteiger partial charge in [-0.3, -0.25) is 4.98 Å². The molecule has 21 heavy (non-hydrogen) atoms. The number of hydrogen-bond donors (Lipinski definition) is 2. The maximum atomic E-state index is 5.50. The quantitative estimate of drug-likeness (QED) is 0.844. The molecule has 0 bridgehead atoms. The second-order valence-corrected chi connectivity index (χ2v) is 5.88. The van der Waals surface area contributed by atoms with Crippen molar-refractivity contribution in [2.45, 2.75) is 31.2 Å². The van der Waals surface area contributed by atoms with E-state index < -0.39 is 0 Å². The Balaban J connectivity index is 1.75. The van der Waals surface area contributed by atoms with Gasteiger partial charge in [-0.15, -0.1) is 0 Å². The van der Waals surface area contributed by atoms with Gasteiger partial charge in [0.05, 0.1) is 5.54 Å². The average molecular weight is 297 g/mol. The number of para-hydroxylation sites is 1. The van der Waals surface area contributed by atoms with Crippen molar-refractivity contribution in [2.24, 2.45) is 0 Å². The minimum absolute atomic E-state index is 0.0763. The van der Waals surface area contributed by atoms with Crippen LogP contribution < -0.4 is 10.6 Å². The van der Waals surface area contributed by atoms with Crippen molar-refractivity contribution < 1.29 is 0 Å². The lowest BCUT2D eigenvalue weighted by Gasteiger charge is -2.32. The van der Waals surface area contributed by atoms with Crippen LogP contribution in [0.2, 0.25) is 0 Å². The van der Waals surface area contributed by atoms with Crippen molar-refractivity contribution in [2.75, 3.05) is 5.32 Å². The summed E-state index contributed by atoms with van der Waals surface area (Å²) < 4.78 is 0. The molecule has 108 valence electrons. The summed E-state index contributed by atoms with van der Waals surface area (Å²) in [5.41, 5.74) is 2.15. The van der Waals surface area contributed by atoms with E-state index in [0.29, 0.717) is 5.11 Å². The normalized spacial score (nSPS) is 16.4. The lowest BCUT2D eigenvalue weighted by atomic mass is 9.89. The predicted octanol–water partition coefficient (Wildman–Crippen LogP) is 3.84. The van der Waals surface area contributed by atoms with E-state index in [9.17, 15) is 0 Å². The van der Waals surface area contributed by atoms with Gasteiger partial charge in [0.2, 0.25) is 0 Å². The van der Waals surface area contributed by atoms with E-state index in [4.69, 9.17) is 12.2 Å². The minimum Gasteiger partial charge on any atom is -0.353 e. The van der Waals surface area contributed by atoms with Gasteiger partial charge in [0, 0.05) is 18.1 Å². The van der Waals surface area contributed by atoms with Crippen LogP contribution in [0.4, 0.5) is 5.69 Å². The summed E-state index contributed by atoms with van der Waals surface area (Å²) in [5, 5.41) is 7.47. The van der Waals surface area contributed by atoms with Crippen molar-refractivity contribution >= 4 is 23.0 Å². The number of pyridine rings is 1. The zero-order valence-electron chi connectivity index (χ0n) is 11.9. The molecule has 1 aliphatic carbocycles. The zero-order chi connectivity index (χ0) is 14.5. The summed E-state index contributed by atoms with van der Waals surface area (Å²) in [4.78, 5) is 4.26. The predicted molar refractivity (Wildman–Crippen MR) is 90.2 cm³/mol. The van der Waals surface area contributed by atoms with E-state index in [1.54, 1.807) is 0 Å². The largest absolute Gasteiger partial charge is 0.353 e. The smallest absolute Gasteiger partial charge is 0.171 e. The van der Waals surface area contributed by atoms with Gasteiger partial charge >= 0.3 is 0 Å². The van der Waals surface area contributed by atoms with Crippen LogP contribution in [0.5, 0.6) is 0 Å². The van der Waals surface area contributed by atoms with Gasteiger partial charge < -0.3 is 10.6 Å². The molecule has 1 fully saturated rings. The second-order valence-electron chi connectivity index (χ2n) is 5.48. The summed E-state index contributed by atoms with van der Waals surface area (Å²) in [7, 11) is 0. The van der Waals surface area contributed by atoms with Crippen molar-refractivity contribution in [3.63, 3.8) is 0 Å². The maximum absolute atomic E-state index is 5.50. The van der Waals surface area contributed by atoms with E-state index in [1.807, 2.05) is 48.8 Å². The first kappa shape index (κ1) is 14.0. The van der Waals surface area contributed by atoms with Crippen LogP contribution >= 0.6 is 12.2 Å². The summed E-state index contributed by atoms with van der Waals surface area (Å²) in [6, 6.07) is 14.1. The Bertz CT molecular complexity index is 592. The zero-order valence-corrected chi connectivity index (χ0v) is 12.7. The molecule has 3 rings (SSSR count). The standard InChI is InChI=1S/C17H19N3S/c21-16(19-15-8-2-1-3-9-15)20-17(10-4-5-11-17)14-7-6-12-18-13-14/h1-3,6-9,12-13H,4-5,10-11H2,(H2,19,20,21). The van der Waals surface area contributed by atoms with E-state index in [2.05, 4.69) is 21.7 Å². The number of thiocarbonyl (C=S) groups is 1. The molecule has 0 spiro atoms. The molecule has 0 saturated heterocycles. The first-order chi connectivity index (χ1) is 10.3. The molecule has 0 unspecified atom stereocenters. The molecular formula is C17H19N3S. The number of anilines is 1. The Hall–Kier alpha value is -1.94. The molecule has 0 aliphatic heterocycles. The summed E-state index contributed by atoms with van der Waals surface area (Å²) >= 11 is 5.50. The van der Waals surface area contributed by atoms with Crippen LogP contribution in [-0.4, -0.2) is 10.1 Å². The van der Waals surface area contributed by atoms with Crippen LogP contribution in [0.3, 0.4) is 0 Å². The van der Waals surface area contributed by atoms with Gasteiger partial charge in [0.1, 0.15) is 0 Å². The van der Waals surface area contributed by atoms with E-state index in [1.165, 1.54) is 18.4 Å². The second kappa shape index (κ2) is 6.22. The molecular weight excluding hydrogens is 278 g/mol. The van der Waals surface area contributed by atoms with Gasteiger partial charge in [-0.2, -0.15) is 0 Å². The van der Waals surface area contributed by atoms with Crippen LogP contribution in [0.15, 0.2) is 54.9 Å². The highest BCUT2D eigenvalue weighted by atomic mass is 32.1. The fourth-order valence-corrected chi connectivity index (χ4v) is 3.32.